The minimum absolute atomic E-state index is 0.0392. The molecule has 1 amide bonds. The highest BCUT2D eigenvalue weighted by atomic mass is 19.1. The Bertz CT molecular complexity index is 1620. The van der Waals surface area contributed by atoms with E-state index in [9.17, 15) is 23.1 Å². The summed E-state index contributed by atoms with van der Waals surface area (Å²) in [4.78, 5) is 16.5. The maximum absolute atomic E-state index is 14.8. The number of nitriles is 1. The highest BCUT2D eigenvalue weighted by Gasteiger charge is 2.40. The molecule has 3 aromatic carbocycles. The summed E-state index contributed by atoms with van der Waals surface area (Å²) < 4.78 is 55.9. The molecule has 0 aliphatic carbocycles. The van der Waals surface area contributed by atoms with Crippen molar-refractivity contribution in [2.45, 2.75) is 31.8 Å². The molecular formula is C31H28F3N5O4. The van der Waals surface area contributed by atoms with Gasteiger partial charge in [-0.3, -0.25) is 4.79 Å². The Hall–Kier alpha value is -4.57. The topological polar surface area (TPSA) is 122 Å². The highest BCUT2D eigenvalue weighted by Crippen LogP contribution is 2.38. The molecule has 2 unspecified atom stereocenters. The molecule has 2 N–H and O–H groups in total. The van der Waals surface area contributed by atoms with Gasteiger partial charge in [0.15, 0.2) is 6.29 Å². The van der Waals surface area contributed by atoms with Gasteiger partial charge in [0.2, 0.25) is 0 Å². The molecule has 0 bridgehead atoms. The molecule has 43 heavy (non-hydrogen) atoms. The van der Waals surface area contributed by atoms with Gasteiger partial charge in [0.1, 0.15) is 35.7 Å². The number of ether oxygens (including phenoxy) is 2. The number of benzene rings is 3. The Morgan fingerprint density at radius 2 is 1.86 bits per heavy atom. The summed E-state index contributed by atoms with van der Waals surface area (Å²) in [5.41, 5.74) is -0.702. The van der Waals surface area contributed by atoms with Crippen LogP contribution in [0.5, 0.6) is 0 Å². The highest BCUT2D eigenvalue weighted by molar-refractivity contribution is 6.04. The zero-order valence-corrected chi connectivity index (χ0v) is 23.1. The second-order valence-corrected chi connectivity index (χ2v) is 10.5. The summed E-state index contributed by atoms with van der Waals surface area (Å²) in [5, 5.41) is 27.2. The first-order valence-electron chi connectivity index (χ1n) is 13.5. The maximum Gasteiger partial charge on any atom is 0.255 e. The van der Waals surface area contributed by atoms with E-state index in [1.165, 1.54) is 35.5 Å². The van der Waals surface area contributed by atoms with Crippen LogP contribution in [0.15, 0.2) is 73.3 Å². The van der Waals surface area contributed by atoms with Crippen LogP contribution in [0.3, 0.4) is 0 Å². The normalized spacial score (nSPS) is 18.8. The van der Waals surface area contributed by atoms with Crippen molar-refractivity contribution in [2.24, 2.45) is 11.8 Å². The lowest BCUT2D eigenvalue weighted by atomic mass is 9.77. The number of hydrogen-bond acceptors (Lipinski definition) is 7. The number of carbonyl (C=O) groups excluding carboxylic acids is 1. The fourth-order valence-corrected chi connectivity index (χ4v) is 5.15. The number of carbonyl (C=O) groups is 1. The number of nitrogens with one attached hydrogen (secondary N) is 1. The van der Waals surface area contributed by atoms with Gasteiger partial charge in [-0.2, -0.15) is 10.4 Å². The van der Waals surface area contributed by atoms with E-state index in [0.717, 1.165) is 18.2 Å². The molecule has 4 aromatic rings. The van der Waals surface area contributed by atoms with E-state index in [0.29, 0.717) is 25.2 Å². The van der Waals surface area contributed by atoms with Crippen LogP contribution in [0, 0.1) is 40.6 Å². The van der Waals surface area contributed by atoms with Gasteiger partial charge in [0.25, 0.3) is 5.91 Å². The molecule has 2 atom stereocenters. The van der Waals surface area contributed by atoms with Crippen LogP contribution in [0.1, 0.15) is 46.7 Å². The van der Waals surface area contributed by atoms with Crippen LogP contribution in [0.25, 0.3) is 0 Å². The summed E-state index contributed by atoms with van der Waals surface area (Å²) in [6, 6.07) is 15.2. The van der Waals surface area contributed by atoms with E-state index >= 15 is 0 Å². The van der Waals surface area contributed by atoms with Crippen molar-refractivity contribution in [2.75, 3.05) is 18.5 Å². The summed E-state index contributed by atoms with van der Waals surface area (Å²) >= 11 is 0. The van der Waals surface area contributed by atoms with Crippen LogP contribution < -0.4 is 5.32 Å². The minimum Gasteiger partial charge on any atom is -0.383 e. The lowest BCUT2D eigenvalue weighted by Gasteiger charge is -2.38. The molecule has 0 radical (unpaired) electrons. The van der Waals surface area contributed by atoms with E-state index < -0.39 is 41.2 Å². The molecule has 1 aromatic heterocycles. The van der Waals surface area contributed by atoms with E-state index in [4.69, 9.17) is 14.7 Å². The molecule has 1 saturated heterocycles. The molecule has 1 fully saturated rings. The zero-order chi connectivity index (χ0) is 30.6. The van der Waals surface area contributed by atoms with Crippen molar-refractivity contribution >= 4 is 11.6 Å². The van der Waals surface area contributed by atoms with Crippen molar-refractivity contribution in [3.8, 4) is 6.07 Å². The third kappa shape index (κ3) is 6.75. The minimum atomic E-state index is -1.72. The number of nitrogens with zero attached hydrogens (tertiary/aromatic N) is 4. The number of hydrogen-bond donors (Lipinski definition) is 2. The van der Waals surface area contributed by atoms with Gasteiger partial charge in [-0.15, -0.1) is 0 Å². The lowest BCUT2D eigenvalue weighted by Crippen LogP contribution is -2.41. The van der Waals surface area contributed by atoms with E-state index in [1.807, 2.05) is 6.07 Å². The smallest absolute Gasteiger partial charge is 0.255 e. The summed E-state index contributed by atoms with van der Waals surface area (Å²) in [5.74, 6) is -3.48. The van der Waals surface area contributed by atoms with Gasteiger partial charge >= 0.3 is 0 Å². The molecule has 2 heterocycles. The second-order valence-electron chi connectivity index (χ2n) is 10.5. The maximum atomic E-state index is 14.8. The predicted molar refractivity (Wildman–Crippen MR) is 148 cm³/mol. The average Bonchev–Trinajstić information content (AvgIpc) is 3.51. The molecule has 12 heteroatoms. The zero-order valence-electron chi connectivity index (χ0n) is 23.1. The SMILES string of the molecule is CC(CC1COC(c2ccc(C(=O)Nc3ccc(C#N)cc3F)cc2)OC1)C(O)(Cn1cncn1)c1ccc(F)cc1F. The molecule has 222 valence electrons. The van der Waals surface area contributed by atoms with Crippen molar-refractivity contribution in [3.05, 3.63) is 113 Å². The standard InChI is InChI=1S/C31H28F3N5O4/c1-19(31(41,16-39-18-36-17-37-39)25-8-7-24(32)12-26(25)33)10-21-14-42-30(43-15-21)23-5-3-22(4-6-23)29(40)38-28-9-2-20(13-35)11-27(28)34/h2-9,11-12,17-19,21,30,41H,10,14-16H2,1H3,(H,38,40). The summed E-state index contributed by atoms with van der Waals surface area (Å²) in [6.45, 7) is 2.27. The number of anilines is 1. The van der Waals surface area contributed by atoms with Crippen molar-refractivity contribution in [1.82, 2.24) is 14.8 Å². The van der Waals surface area contributed by atoms with Crippen molar-refractivity contribution in [3.63, 3.8) is 0 Å². The quantitative estimate of drug-likeness (QED) is 0.278. The van der Waals surface area contributed by atoms with Gasteiger partial charge in [-0.05, 0) is 48.7 Å². The molecule has 1 aliphatic rings. The predicted octanol–water partition coefficient (Wildman–Crippen LogP) is 5.10. The number of aliphatic hydroxyl groups is 1. The number of halogens is 3. The Morgan fingerprint density at radius 1 is 1.12 bits per heavy atom. The van der Waals surface area contributed by atoms with Gasteiger partial charge in [-0.25, -0.2) is 22.8 Å². The lowest BCUT2D eigenvalue weighted by molar-refractivity contribution is -0.210. The van der Waals surface area contributed by atoms with E-state index in [2.05, 4.69) is 15.4 Å². The van der Waals surface area contributed by atoms with Crippen LogP contribution >= 0.6 is 0 Å². The van der Waals surface area contributed by atoms with Crippen molar-refractivity contribution < 1.29 is 32.5 Å². The fourth-order valence-electron chi connectivity index (χ4n) is 5.15. The number of aromatic nitrogens is 3. The molecule has 0 spiro atoms. The first-order valence-corrected chi connectivity index (χ1v) is 13.5. The Morgan fingerprint density at radius 3 is 2.49 bits per heavy atom. The Balaban J connectivity index is 1.20. The first-order chi connectivity index (χ1) is 20.7. The van der Waals surface area contributed by atoms with Crippen LogP contribution in [0.4, 0.5) is 18.9 Å². The van der Waals surface area contributed by atoms with Crippen LogP contribution in [-0.2, 0) is 21.6 Å². The summed E-state index contributed by atoms with van der Waals surface area (Å²) in [6.07, 6.45) is 2.43. The van der Waals surface area contributed by atoms with Gasteiger partial charge < -0.3 is 19.9 Å². The molecular weight excluding hydrogens is 563 g/mol. The second kappa shape index (κ2) is 12.7. The molecule has 1 aliphatic heterocycles. The van der Waals surface area contributed by atoms with Crippen molar-refractivity contribution in [1.29, 1.82) is 5.26 Å². The Labute approximate surface area is 245 Å². The molecule has 5 rings (SSSR count). The summed E-state index contributed by atoms with van der Waals surface area (Å²) in [7, 11) is 0. The van der Waals surface area contributed by atoms with E-state index in [1.54, 1.807) is 31.2 Å². The average molecular weight is 592 g/mol. The third-order valence-electron chi connectivity index (χ3n) is 7.53. The first kappa shape index (κ1) is 29.9. The van der Waals surface area contributed by atoms with Crippen LogP contribution in [-0.4, -0.2) is 39.0 Å². The largest absolute Gasteiger partial charge is 0.383 e. The third-order valence-corrected chi connectivity index (χ3v) is 7.53. The molecule has 9 nitrogen and oxygen atoms in total. The van der Waals surface area contributed by atoms with Crippen LogP contribution in [0.2, 0.25) is 0 Å². The monoisotopic (exact) mass is 591 g/mol. The fraction of sp³-hybridized carbons (Fsp3) is 0.290. The Kier molecular flexibility index (Phi) is 8.86. The van der Waals surface area contributed by atoms with Gasteiger partial charge in [0, 0.05) is 28.7 Å². The van der Waals surface area contributed by atoms with E-state index in [-0.39, 0.29) is 34.8 Å². The molecule has 0 saturated carbocycles. The van der Waals surface area contributed by atoms with Gasteiger partial charge in [0.05, 0.1) is 37.1 Å². The number of amides is 1. The van der Waals surface area contributed by atoms with Gasteiger partial charge in [-0.1, -0.05) is 25.1 Å². The number of rotatable bonds is 9.